The number of nitriles is 1. The molecule has 0 bridgehead atoms. The van der Waals surface area contributed by atoms with E-state index in [2.05, 4.69) is 15.6 Å². The van der Waals surface area contributed by atoms with E-state index in [0.29, 0.717) is 19.4 Å². The Bertz CT molecular complexity index is 1500. The zero-order valence-corrected chi connectivity index (χ0v) is 23.2. The maximum absolute atomic E-state index is 14.9. The Kier molecular flexibility index (Phi) is 7.88. The fourth-order valence-electron chi connectivity index (χ4n) is 4.92. The molecule has 3 heterocycles. The third-order valence-electron chi connectivity index (χ3n) is 7.30. The van der Waals surface area contributed by atoms with Gasteiger partial charge in [-0.25, -0.2) is 17.2 Å². The van der Waals surface area contributed by atoms with Crippen molar-refractivity contribution in [1.82, 2.24) is 20.5 Å². The summed E-state index contributed by atoms with van der Waals surface area (Å²) in [5, 5.41) is 13.4. The van der Waals surface area contributed by atoms with E-state index in [4.69, 9.17) is 23.2 Å². The normalized spacial score (nSPS) is 25.2. The van der Waals surface area contributed by atoms with Gasteiger partial charge in [-0.2, -0.15) is 5.26 Å². The standard InChI is InChI=1S/C24H21Cl2F2N5O4S.ClH/c25-13-7-17(28)20(30-10-13)24(5-6-31-24)22(35)33-11-15(9-18(33)21(34)32-23(12-29)3-4-23)38(36,37)19-2-1-14(27)8-16(19)26;/h1-2,7-8,10,15,18,31H,3-6,9,11H2,(H,32,34);1H/t15-,18+,24?;/m1./s1. The summed E-state index contributed by atoms with van der Waals surface area (Å²) in [4.78, 5) is 32.1. The van der Waals surface area contributed by atoms with Crippen LogP contribution in [0, 0.1) is 23.0 Å². The molecule has 2 N–H and O–H groups in total. The van der Waals surface area contributed by atoms with Gasteiger partial charge in [0, 0.05) is 12.7 Å². The average Bonchev–Trinajstić information content (AvgIpc) is 3.44. The summed E-state index contributed by atoms with van der Waals surface area (Å²) in [5.74, 6) is -2.99. The van der Waals surface area contributed by atoms with Crippen molar-refractivity contribution < 1.29 is 26.8 Å². The second-order valence-electron chi connectivity index (χ2n) is 9.70. The summed E-state index contributed by atoms with van der Waals surface area (Å²) in [7, 11) is -4.23. The van der Waals surface area contributed by atoms with Gasteiger partial charge in [-0.1, -0.05) is 23.2 Å². The Labute approximate surface area is 239 Å². The molecule has 208 valence electrons. The van der Waals surface area contributed by atoms with Gasteiger partial charge in [-0.15, -0.1) is 12.4 Å². The molecule has 9 nitrogen and oxygen atoms in total. The van der Waals surface area contributed by atoms with E-state index in [0.717, 1.165) is 29.2 Å². The quantitative estimate of drug-likeness (QED) is 0.475. The van der Waals surface area contributed by atoms with Crippen molar-refractivity contribution in [3.05, 3.63) is 57.8 Å². The highest BCUT2D eigenvalue weighted by molar-refractivity contribution is 7.92. The van der Waals surface area contributed by atoms with E-state index in [1.807, 2.05) is 6.07 Å². The highest BCUT2D eigenvalue weighted by atomic mass is 35.5. The minimum atomic E-state index is -4.23. The minimum Gasteiger partial charge on any atom is -0.336 e. The summed E-state index contributed by atoms with van der Waals surface area (Å²) in [6.07, 6.45) is 1.88. The Morgan fingerprint density at radius 3 is 2.44 bits per heavy atom. The molecule has 1 aromatic carbocycles. The monoisotopic (exact) mass is 619 g/mol. The number of hydrogen-bond acceptors (Lipinski definition) is 7. The van der Waals surface area contributed by atoms with Crippen molar-refractivity contribution in [3.63, 3.8) is 0 Å². The molecule has 1 aromatic heterocycles. The van der Waals surface area contributed by atoms with Gasteiger partial charge >= 0.3 is 0 Å². The van der Waals surface area contributed by atoms with Crippen LogP contribution in [0.3, 0.4) is 0 Å². The van der Waals surface area contributed by atoms with Crippen LogP contribution >= 0.6 is 35.6 Å². The third kappa shape index (κ3) is 5.07. The van der Waals surface area contributed by atoms with Gasteiger partial charge in [0.2, 0.25) is 11.8 Å². The number of aromatic nitrogens is 1. The number of amides is 2. The Morgan fingerprint density at radius 2 is 1.90 bits per heavy atom. The van der Waals surface area contributed by atoms with Crippen LogP contribution in [-0.4, -0.2) is 60.0 Å². The lowest BCUT2D eigenvalue weighted by Gasteiger charge is -2.44. The number of rotatable bonds is 6. The number of carbonyl (C=O) groups excluding carboxylic acids is 2. The van der Waals surface area contributed by atoms with Gasteiger partial charge in [0.1, 0.15) is 34.4 Å². The van der Waals surface area contributed by atoms with E-state index in [9.17, 15) is 32.0 Å². The van der Waals surface area contributed by atoms with Crippen LogP contribution in [0.15, 0.2) is 35.4 Å². The first kappa shape index (κ1) is 29.4. The highest BCUT2D eigenvalue weighted by Crippen LogP contribution is 2.40. The third-order valence-corrected chi connectivity index (χ3v) is 10.1. The molecule has 1 aliphatic carbocycles. The first-order chi connectivity index (χ1) is 17.9. The predicted molar refractivity (Wildman–Crippen MR) is 139 cm³/mol. The number of halogens is 5. The van der Waals surface area contributed by atoms with E-state index < -0.39 is 62.2 Å². The molecule has 3 atom stereocenters. The van der Waals surface area contributed by atoms with E-state index in [1.54, 1.807) is 0 Å². The lowest BCUT2D eigenvalue weighted by Crippen LogP contribution is -2.66. The molecule has 1 saturated carbocycles. The van der Waals surface area contributed by atoms with Crippen LogP contribution in [0.25, 0.3) is 0 Å². The van der Waals surface area contributed by atoms with Crippen molar-refractivity contribution in [2.75, 3.05) is 13.1 Å². The number of likely N-dealkylation sites (tertiary alicyclic amines) is 1. The van der Waals surface area contributed by atoms with E-state index in [-0.39, 0.29) is 45.9 Å². The van der Waals surface area contributed by atoms with Crippen LogP contribution in [0.1, 0.15) is 31.4 Å². The summed E-state index contributed by atoms with van der Waals surface area (Å²) in [6, 6.07) is 4.62. The topological polar surface area (TPSA) is 132 Å². The fourth-order valence-corrected chi connectivity index (χ4v) is 7.30. The molecule has 3 fully saturated rings. The summed E-state index contributed by atoms with van der Waals surface area (Å²) in [5.41, 5.74) is -2.92. The minimum absolute atomic E-state index is 0. The lowest BCUT2D eigenvalue weighted by molar-refractivity contribution is -0.147. The molecule has 2 aromatic rings. The van der Waals surface area contributed by atoms with Crippen molar-refractivity contribution in [2.24, 2.45) is 0 Å². The zero-order chi connectivity index (χ0) is 27.5. The second-order valence-corrected chi connectivity index (χ2v) is 12.7. The van der Waals surface area contributed by atoms with Crippen molar-refractivity contribution in [3.8, 4) is 6.07 Å². The molecule has 3 aliphatic rings. The molecular weight excluding hydrogens is 599 g/mol. The molecule has 1 unspecified atom stereocenters. The van der Waals surface area contributed by atoms with Gasteiger partial charge < -0.3 is 10.2 Å². The number of pyridine rings is 1. The first-order valence-corrected chi connectivity index (χ1v) is 14.0. The predicted octanol–water partition coefficient (Wildman–Crippen LogP) is 2.89. The Hall–Kier alpha value is -2.56. The maximum atomic E-state index is 14.9. The van der Waals surface area contributed by atoms with Gasteiger partial charge in [-0.3, -0.25) is 19.9 Å². The Balaban J connectivity index is 0.00000353. The van der Waals surface area contributed by atoms with Crippen LogP contribution in [-0.2, 0) is 25.0 Å². The van der Waals surface area contributed by atoms with Gasteiger partial charge in [0.15, 0.2) is 9.84 Å². The van der Waals surface area contributed by atoms with Crippen molar-refractivity contribution >= 4 is 57.3 Å². The van der Waals surface area contributed by atoms with Gasteiger partial charge in [0.25, 0.3) is 0 Å². The number of nitrogens with one attached hydrogen (secondary N) is 2. The molecule has 5 rings (SSSR count). The molecule has 0 spiro atoms. The SMILES string of the molecule is Cl.N#CC1(NC(=O)[C@@H]2C[C@@H](S(=O)(=O)c3ccc(F)cc3Cl)CN2C(=O)C2(c3ncc(Cl)cc3F)CCN2)CC1. The van der Waals surface area contributed by atoms with Crippen molar-refractivity contribution in [2.45, 2.75) is 52.9 Å². The smallest absolute Gasteiger partial charge is 0.250 e. The van der Waals surface area contributed by atoms with Gasteiger partial charge in [0.05, 0.1) is 26.3 Å². The van der Waals surface area contributed by atoms with Crippen LogP contribution < -0.4 is 10.6 Å². The number of carbonyl (C=O) groups is 2. The summed E-state index contributed by atoms with van der Waals surface area (Å²) >= 11 is 11.9. The van der Waals surface area contributed by atoms with E-state index >= 15 is 0 Å². The molecule has 15 heteroatoms. The molecule has 2 aliphatic heterocycles. The van der Waals surface area contributed by atoms with Gasteiger partial charge in [-0.05, 0) is 56.5 Å². The van der Waals surface area contributed by atoms with E-state index in [1.165, 1.54) is 6.20 Å². The average molecular weight is 621 g/mol. The molecule has 0 radical (unpaired) electrons. The highest BCUT2D eigenvalue weighted by Gasteiger charge is 2.56. The van der Waals surface area contributed by atoms with Crippen LogP contribution in [0.5, 0.6) is 0 Å². The zero-order valence-electron chi connectivity index (χ0n) is 20.1. The number of benzene rings is 1. The van der Waals surface area contributed by atoms with Crippen LogP contribution in [0.2, 0.25) is 10.0 Å². The Morgan fingerprint density at radius 1 is 1.21 bits per heavy atom. The number of nitrogens with zero attached hydrogens (tertiary/aromatic N) is 3. The maximum Gasteiger partial charge on any atom is 0.250 e. The lowest BCUT2D eigenvalue weighted by atomic mass is 9.82. The number of hydrogen-bond donors (Lipinski definition) is 2. The second kappa shape index (κ2) is 10.4. The fraction of sp³-hybridized carbons (Fsp3) is 0.417. The van der Waals surface area contributed by atoms with Crippen molar-refractivity contribution in [1.29, 1.82) is 5.26 Å². The van der Waals surface area contributed by atoms with Crippen LogP contribution in [0.4, 0.5) is 8.78 Å². The molecule has 2 saturated heterocycles. The number of sulfone groups is 1. The largest absolute Gasteiger partial charge is 0.336 e. The summed E-state index contributed by atoms with van der Waals surface area (Å²) in [6.45, 7) is -0.0597. The summed E-state index contributed by atoms with van der Waals surface area (Å²) < 4.78 is 55.5. The molecule has 2 amide bonds. The first-order valence-electron chi connectivity index (χ1n) is 11.7. The molecular formula is C24H22Cl3F2N5O4S. The molecule has 39 heavy (non-hydrogen) atoms.